The molecule has 0 aliphatic heterocycles. The standard InChI is InChI=1S/C21H18N4O3S/c1-13-7-8-18(28-13)14-4-2-5-15(10-14)23-20(26)12-25-21(27)16(22)11-17(24-25)19-6-3-9-29-19/h2-11H,12,22H2,1H3,(H,23,26). The molecule has 3 aromatic heterocycles. The Balaban J connectivity index is 1.54. The van der Waals surface area contributed by atoms with Crippen molar-refractivity contribution in [2.24, 2.45) is 0 Å². The van der Waals surface area contributed by atoms with Gasteiger partial charge in [-0.25, -0.2) is 4.68 Å². The fraction of sp³-hybridized carbons (Fsp3) is 0.0952. The molecule has 0 radical (unpaired) electrons. The lowest BCUT2D eigenvalue weighted by Gasteiger charge is -2.09. The zero-order valence-corrected chi connectivity index (χ0v) is 16.4. The summed E-state index contributed by atoms with van der Waals surface area (Å²) in [6.07, 6.45) is 0. The van der Waals surface area contributed by atoms with Gasteiger partial charge >= 0.3 is 0 Å². The van der Waals surface area contributed by atoms with Gasteiger partial charge in [-0.05, 0) is 48.7 Å². The smallest absolute Gasteiger partial charge is 0.290 e. The first-order valence-corrected chi connectivity index (χ1v) is 9.76. The molecule has 4 aromatic rings. The number of carbonyl (C=O) groups excluding carboxylic acids is 1. The van der Waals surface area contributed by atoms with Crippen molar-refractivity contribution in [3.8, 4) is 21.9 Å². The Morgan fingerprint density at radius 1 is 1.21 bits per heavy atom. The van der Waals surface area contributed by atoms with Gasteiger partial charge in [0.25, 0.3) is 5.56 Å². The van der Waals surface area contributed by atoms with Gasteiger partial charge in [0.15, 0.2) is 0 Å². The number of amides is 1. The lowest BCUT2D eigenvalue weighted by Crippen LogP contribution is -2.31. The lowest BCUT2D eigenvalue weighted by atomic mass is 10.1. The molecule has 1 amide bonds. The minimum absolute atomic E-state index is 0.0476. The van der Waals surface area contributed by atoms with E-state index >= 15 is 0 Å². The van der Waals surface area contributed by atoms with E-state index in [0.717, 1.165) is 20.9 Å². The Kier molecular flexibility index (Phi) is 5.01. The summed E-state index contributed by atoms with van der Waals surface area (Å²) in [5.74, 6) is 1.14. The number of furan rings is 1. The molecular weight excluding hydrogens is 388 g/mol. The molecule has 0 aliphatic carbocycles. The summed E-state index contributed by atoms with van der Waals surface area (Å²) in [5.41, 5.74) is 7.37. The molecule has 0 fully saturated rings. The molecular formula is C21H18N4O3S. The zero-order valence-electron chi connectivity index (χ0n) is 15.6. The highest BCUT2D eigenvalue weighted by Crippen LogP contribution is 2.25. The number of anilines is 2. The van der Waals surface area contributed by atoms with Crippen LogP contribution in [0.4, 0.5) is 11.4 Å². The van der Waals surface area contributed by atoms with Crippen molar-refractivity contribution in [1.29, 1.82) is 0 Å². The molecule has 3 N–H and O–H groups in total. The second-order valence-corrected chi connectivity index (χ2v) is 7.41. The van der Waals surface area contributed by atoms with Crippen molar-refractivity contribution in [1.82, 2.24) is 9.78 Å². The molecule has 0 saturated carbocycles. The summed E-state index contributed by atoms with van der Waals surface area (Å²) in [6.45, 7) is 1.63. The van der Waals surface area contributed by atoms with Gasteiger partial charge in [0.1, 0.15) is 29.4 Å². The van der Waals surface area contributed by atoms with Gasteiger partial charge in [0, 0.05) is 11.3 Å². The highest BCUT2D eigenvalue weighted by Gasteiger charge is 2.12. The number of nitrogens with one attached hydrogen (secondary N) is 1. The maximum absolute atomic E-state index is 12.5. The Hall–Kier alpha value is -3.65. The van der Waals surface area contributed by atoms with Crippen LogP contribution < -0.4 is 16.6 Å². The first-order chi connectivity index (χ1) is 14.0. The van der Waals surface area contributed by atoms with Crippen molar-refractivity contribution in [3.63, 3.8) is 0 Å². The second-order valence-electron chi connectivity index (χ2n) is 6.46. The van der Waals surface area contributed by atoms with E-state index in [1.807, 2.05) is 54.8 Å². The average molecular weight is 406 g/mol. The van der Waals surface area contributed by atoms with E-state index in [-0.39, 0.29) is 18.1 Å². The summed E-state index contributed by atoms with van der Waals surface area (Å²) < 4.78 is 6.70. The number of carbonyl (C=O) groups is 1. The predicted molar refractivity (Wildman–Crippen MR) is 114 cm³/mol. The molecule has 0 aliphatic rings. The molecule has 29 heavy (non-hydrogen) atoms. The number of nitrogen functional groups attached to an aromatic ring is 1. The van der Waals surface area contributed by atoms with Gasteiger partial charge in [0.2, 0.25) is 5.91 Å². The summed E-state index contributed by atoms with van der Waals surface area (Å²) in [7, 11) is 0. The number of aryl methyl sites for hydroxylation is 1. The van der Waals surface area contributed by atoms with Crippen LogP contribution in [0.2, 0.25) is 0 Å². The molecule has 4 rings (SSSR count). The van der Waals surface area contributed by atoms with Gasteiger partial charge in [-0.15, -0.1) is 11.3 Å². The number of thiophene rings is 1. The molecule has 1 aromatic carbocycles. The highest BCUT2D eigenvalue weighted by molar-refractivity contribution is 7.13. The summed E-state index contributed by atoms with van der Waals surface area (Å²) >= 11 is 1.48. The molecule has 0 saturated heterocycles. The van der Waals surface area contributed by atoms with Crippen LogP contribution in [0, 0.1) is 6.92 Å². The van der Waals surface area contributed by atoms with Crippen LogP contribution in [-0.4, -0.2) is 15.7 Å². The van der Waals surface area contributed by atoms with E-state index in [1.165, 1.54) is 17.4 Å². The van der Waals surface area contributed by atoms with Crippen LogP contribution in [-0.2, 0) is 11.3 Å². The second kappa shape index (κ2) is 7.76. The van der Waals surface area contributed by atoms with E-state index in [0.29, 0.717) is 17.1 Å². The monoisotopic (exact) mass is 406 g/mol. The normalized spacial score (nSPS) is 10.8. The van der Waals surface area contributed by atoms with Crippen LogP contribution in [0.3, 0.4) is 0 Å². The third kappa shape index (κ3) is 4.12. The summed E-state index contributed by atoms with van der Waals surface area (Å²) in [5, 5.41) is 8.98. The third-order valence-electron chi connectivity index (χ3n) is 4.24. The number of nitrogens with two attached hydrogens (primary N) is 1. The summed E-state index contributed by atoms with van der Waals surface area (Å²) in [6, 6.07) is 16.3. The molecule has 0 bridgehead atoms. The van der Waals surface area contributed by atoms with Gasteiger partial charge in [0.05, 0.1) is 4.88 Å². The number of hydrogen-bond donors (Lipinski definition) is 2. The van der Waals surface area contributed by atoms with Gasteiger partial charge < -0.3 is 15.5 Å². The molecule has 0 unspecified atom stereocenters. The number of rotatable bonds is 5. The van der Waals surface area contributed by atoms with Crippen LogP contribution >= 0.6 is 11.3 Å². The van der Waals surface area contributed by atoms with E-state index in [4.69, 9.17) is 10.2 Å². The van der Waals surface area contributed by atoms with E-state index in [2.05, 4.69) is 10.4 Å². The van der Waals surface area contributed by atoms with Crippen molar-refractivity contribution < 1.29 is 9.21 Å². The fourth-order valence-electron chi connectivity index (χ4n) is 2.89. The molecule has 146 valence electrons. The molecule has 0 atom stereocenters. The maximum Gasteiger partial charge on any atom is 0.290 e. The first-order valence-electron chi connectivity index (χ1n) is 8.88. The van der Waals surface area contributed by atoms with Crippen molar-refractivity contribution in [2.75, 3.05) is 11.1 Å². The number of aromatic nitrogens is 2. The van der Waals surface area contributed by atoms with E-state index < -0.39 is 5.56 Å². The highest BCUT2D eigenvalue weighted by atomic mass is 32.1. The Bertz CT molecular complexity index is 1220. The Labute approximate surface area is 170 Å². The van der Waals surface area contributed by atoms with Crippen LogP contribution in [0.1, 0.15) is 5.76 Å². The number of hydrogen-bond acceptors (Lipinski definition) is 6. The Morgan fingerprint density at radius 2 is 2.07 bits per heavy atom. The quantitative estimate of drug-likeness (QED) is 0.525. The largest absolute Gasteiger partial charge is 0.461 e. The topological polar surface area (TPSA) is 103 Å². The average Bonchev–Trinajstić information content (AvgIpc) is 3.37. The van der Waals surface area contributed by atoms with Crippen molar-refractivity contribution >= 4 is 28.6 Å². The zero-order chi connectivity index (χ0) is 20.4. The minimum Gasteiger partial charge on any atom is -0.461 e. The summed E-state index contributed by atoms with van der Waals surface area (Å²) in [4.78, 5) is 25.7. The molecule has 7 nitrogen and oxygen atoms in total. The van der Waals surface area contributed by atoms with Crippen molar-refractivity contribution in [2.45, 2.75) is 13.5 Å². The SMILES string of the molecule is Cc1ccc(-c2cccc(NC(=O)Cn3nc(-c4cccs4)cc(N)c3=O)c2)o1. The molecule has 8 heteroatoms. The Morgan fingerprint density at radius 3 is 2.79 bits per heavy atom. The molecule has 0 spiro atoms. The minimum atomic E-state index is -0.500. The van der Waals surface area contributed by atoms with E-state index in [1.54, 1.807) is 6.07 Å². The van der Waals surface area contributed by atoms with E-state index in [9.17, 15) is 9.59 Å². The number of nitrogens with zero attached hydrogens (tertiary/aromatic N) is 2. The van der Waals surface area contributed by atoms with Gasteiger partial charge in [-0.1, -0.05) is 18.2 Å². The van der Waals surface area contributed by atoms with Crippen LogP contribution in [0.15, 0.2) is 69.2 Å². The van der Waals surface area contributed by atoms with Crippen LogP contribution in [0.25, 0.3) is 21.9 Å². The van der Waals surface area contributed by atoms with Gasteiger partial charge in [-0.2, -0.15) is 5.10 Å². The molecule has 3 heterocycles. The number of benzene rings is 1. The van der Waals surface area contributed by atoms with Crippen LogP contribution in [0.5, 0.6) is 0 Å². The predicted octanol–water partition coefficient (Wildman–Crippen LogP) is 3.76. The third-order valence-corrected chi connectivity index (χ3v) is 5.13. The van der Waals surface area contributed by atoms with Crippen molar-refractivity contribution in [3.05, 3.63) is 76.1 Å². The first kappa shape index (κ1) is 18.7. The maximum atomic E-state index is 12.5. The fourth-order valence-corrected chi connectivity index (χ4v) is 3.57. The lowest BCUT2D eigenvalue weighted by molar-refractivity contribution is -0.117. The van der Waals surface area contributed by atoms with Gasteiger partial charge in [-0.3, -0.25) is 9.59 Å².